The molecule has 26 heavy (non-hydrogen) atoms. The molecule has 0 aliphatic carbocycles. The molecular weight excluding hydrogens is 391 g/mol. The molecule has 0 radical (unpaired) electrons. The Morgan fingerprint density at radius 1 is 1.00 bits per heavy atom. The van der Waals surface area contributed by atoms with Crippen LogP contribution in [-0.2, 0) is 13.0 Å². The van der Waals surface area contributed by atoms with Crippen molar-refractivity contribution >= 4 is 40.5 Å². The van der Waals surface area contributed by atoms with Crippen molar-refractivity contribution in [3.63, 3.8) is 0 Å². The molecule has 4 nitrogen and oxygen atoms in total. The molecular formula is C19H22Cl2N2O2S. The van der Waals surface area contributed by atoms with Gasteiger partial charge in [-0.25, -0.2) is 0 Å². The average Bonchev–Trinajstić information content (AvgIpc) is 2.64. The lowest BCUT2D eigenvalue weighted by Gasteiger charge is -2.13. The Morgan fingerprint density at radius 2 is 1.77 bits per heavy atom. The summed E-state index contributed by atoms with van der Waals surface area (Å²) < 4.78 is 10.9. The number of halogens is 2. The minimum absolute atomic E-state index is 0.536. The van der Waals surface area contributed by atoms with Crippen LogP contribution in [0.1, 0.15) is 18.1 Å². The van der Waals surface area contributed by atoms with E-state index >= 15 is 0 Å². The van der Waals surface area contributed by atoms with Crippen molar-refractivity contribution in [2.24, 2.45) is 0 Å². The zero-order valence-corrected chi connectivity index (χ0v) is 17.1. The molecule has 0 saturated heterocycles. The van der Waals surface area contributed by atoms with Gasteiger partial charge < -0.3 is 20.1 Å². The predicted molar refractivity (Wildman–Crippen MR) is 112 cm³/mol. The fourth-order valence-corrected chi connectivity index (χ4v) is 2.85. The van der Waals surface area contributed by atoms with Crippen LogP contribution in [0.3, 0.4) is 0 Å². The number of ether oxygens (including phenoxy) is 2. The van der Waals surface area contributed by atoms with Crippen LogP contribution < -0.4 is 20.1 Å². The SMILES string of the molecule is CCOc1ccc(CCNC(=S)NCc2ccc(Cl)c(Cl)c2)cc1OC. The van der Waals surface area contributed by atoms with Crippen molar-refractivity contribution in [2.75, 3.05) is 20.3 Å². The third kappa shape index (κ3) is 6.24. The summed E-state index contributed by atoms with van der Waals surface area (Å²) in [5.41, 5.74) is 2.16. The smallest absolute Gasteiger partial charge is 0.166 e. The van der Waals surface area contributed by atoms with E-state index in [1.165, 1.54) is 0 Å². The minimum atomic E-state index is 0.536. The number of thiocarbonyl (C=S) groups is 1. The van der Waals surface area contributed by atoms with Gasteiger partial charge in [-0.3, -0.25) is 0 Å². The Bertz CT molecular complexity index is 756. The van der Waals surface area contributed by atoms with Crippen LogP contribution in [0.4, 0.5) is 0 Å². The Kier molecular flexibility index (Phi) is 8.29. The van der Waals surface area contributed by atoms with Gasteiger partial charge in [0.1, 0.15) is 0 Å². The van der Waals surface area contributed by atoms with Crippen LogP contribution in [0.15, 0.2) is 36.4 Å². The molecule has 0 unspecified atom stereocenters. The van der Waals surface area contributed by atoms with E-state index in [0.717, 1.165) is 29.0 Å². The van der Waals surface area contributed by atoms with Gasteiger partial charge in [-0.2, -0.15) is 0 Å². The summed E-state index contributed by atoms with van der Waals surface area (Å²) in [6, 6.07) is 11.5. The summed E-state index contributed by atoms with van der Waals surface area (Å²) >= 11 is 17.2. The standard InChI is InChI=1S/C19H22Cl2N2O2S/c1-3-25-17-7-5-13(11-18(17)24-2)8-9-22-19(26)23-12-14-4-6-15(20)16(21)10-14/h4-7,10-11H,3,8-9,12H2,1-2H3,(H2,22,23,26). The lowest BCUT2D eigenvalue weighted by Crippen LogP contribution is -2.35. The lowest BCUT2D eigenvalue weighted by atomic mass is 10.1. The van der Waals surface area contributed by atoms with Gasteiger partial charge in [-0.15, -0.1) is 0 Å². The first-order valence-electron chi connectivity index (χ1n) is 8.28. The van der Waals surface area contributed by atoms with E-state index in [9.17, 15) is 0 Å². The van der Waals surface area contributed by atoms with Gasteiger partial charge in [0.05, 0.1) is 23.8 Å². The Morgan fingerprint density at radius 3 is 2.46 bits per heavy atom. The van der Waals surface area contributed by atoms with Gasteiger partial charge in [-0.05, 0) is 61.0 Å². The molecule has 140 valence electrons. The Hall–Kier alpha value is -1.69. The van der Waals surface area contributed by atoms with Crippen molar-refractivity contribution in [3.05, 3.63) is 57.6 Å². The topological polar surface area (TPSA) is 42.5 Å². The zero-order valence-electron chi connectivity index (χ0n) is 14.8. The Balaban J connectivity index is 1.78. The largest absolute Gasteiger partial charge is 0.493 e. The van der Waals surface area contributed by atoms with Crippen LogP contribution in [0, 0.1) is 0 Å². The molecule has 0 spiro atoms. The fourth-order valence-electron chi connectivity index (χ4n) is 2.36. The molecule has 0 amide bonds. The maximum Gasteiger partial charge on any atom is 0.166 e. The second-order valence-electron chi connectivity index (χ2n) is 5.53. The highest BCUT2D eigenvalue weighted by molar-refractivity contribution is 7.80. The number of rotatable bonds is 8. The second kappa shape index (κ2) is 10.5. The van der Waals surface area contributed by atoms with E-state index in [1.54, 1.807) is 13.2 Å². The summed E-state index contributed by atoms with van der Waals surface area (Å²) in [4.78, 5) is 0. The monoisotopic (exact) mass is 412 g/mol. The van der Waals surface area contributed by atoms with Gasteiger partial charge in [-0.1, -0.05) is 35.3 Å². The van der Waals surface area contributed by atoms with Gasteiger partial charge in [0, 0.05) is 13.1 Å². The van der Waals surface area contributed by atoms with E-state index in [-0.39, 0.29) is 0 Å². The lowest BCUT2D eigenvalue weighted by molar-refractivity contribution is 0.310. The molecule has 0 aliphatic heterocycles. The van der Waals surface area contributed by atoms with Crippen molar-refractivity contribution < 1.29 is 9.47 Å². The number of methoxy groups -OCH3 is 1. The van der Waals surface area contributed by atoms with E-state index in [0.29, 0.717) is 34.9 Å². The van der Waals surface area contributed by atoms with Crippen LogP contribution >= 0.6 is 35.4 Å². The first-order chi connectivity index (χ1) is 12.5. The molecule has 0 fully saturated rings. The van der Waals surface area contributed by atoms with Gasteiger partial charge in [0.25, 0.3) is 0 Å². The van der Waals surface area contributed by atoms with Crippen molar-refractivity contribution in [3.8, 4) is 11.5 Å². The summed E-state index contributed by atoms with van der Waals surface area (Å²) in [5, 5.41) is 8.02. The quantitative estimate of drug-likeness (QED) is 0.619. The molecule has 0 bridgehead atoms. The molecule has 0 aliphatic rings. The number of benzene rings is 2. The maximum absolute atomic E-state index is 6.01. The minimum Gasteiger partial charge on any atom is -0.493 e. The first-order valence-corrected chi connectivity index (χ1v) is 9.45. The second-order valence-corrected chi connectivity index (χ2v) is 6.75. The van der Waals surface area contributed by atoms with Crippen LogP contribution in [0.25, 0.3) is 0 Å². The Labute approximate surface area is 169 Å². The van der Waals surface area contributed by atoms with Crippen LogP contribution in [0.2, 0.25) is 10.0 Å². The maximum atomic E-state index is 6.01. The summed E-state index contributed by atoms with van der Waals surface area (Å²) in [6.07, 6.45) is 0.817. The highest BCUT2D eigenvalue weighted by atomic mass is 35.5. The van der Waals surface area contributed by atoms with E-state index in [4.69, 9.17) is 44.9 Å². The van der Waals surface area contributed by atoms with Crippen LogP contribution in [0.5, 0.6) is 11.5 Å². The number of hydrogen-bond donors (Lipinski definition) is 2. The third-order valence-electron chi connectivity index (χ3n) is 3.66. The van der Waals surface area contributed by atoms with E-state index in [2.05, 4.69) is 10.6 Å². The molecule has 0 saturated carbocycles. The number of hydrogen-bond acceptors (Lipinski definition) is 3. The molecule has 2 aromatic carbocycles. The highest BCUT2D eigenvalue weighted by Gasteiger charge is 2.06. The van der Waals surface area contributed by atoms with Crippen molar-refractivity contribution in [1.29, 1.82) is 0 Å². The van der Waals surface area contributed by atoms with Gasteiger partial charge >= 0.3 is 0 Å². The molecule has 2 N–H and O–H groups in total. The van der Waals surface area contributed by atoms with E-state index < -0.39 is 0 Å². The predicted octanol–water partition coefficient (Wildman–Crippen LogP) is 4.61. The first kappa shape index (κ1) is 20.6. The van der Waals surface area contributed by atoms with Crippen molar-refractivity contribution in [2.45, 2.75) is 19.9 Å². The summed E-state index contributed by atoms with van der Waals surface area (Å²) in [6.45, 7) is 3.85. The van der Waals surface area contributed by atoms with Gasteiger partial charge in [0.2, 0.25) is 0 Å². The average molecular weight is 413 g/mol. The number of nitrogens with one attached hydrogen (secondary N) is 2. The summed E-state index contributed by atoms with van der Waals surface area (Å²) in [7, 11) is 1.64. The zero-order chi connectivity index (χ0) is 18.9. The third-order valence-corrected chi connectivity index (χ3v) is 4.69. The molecule has 0 atom stereocenters. The van der Waals surface area contributed by atoms with Gasteiger partial charge in [0.15, 0.2) is 16.6 Å². The molecule has 0 heterocycles. The molecule has 7 heteroatoms. The van der Waals surface area contributed by atoms with E-state index in [1.807, 2.05) is 37.3 Å². The van der Waals surface area contributed by atoms with Crippen molar-refractivity contribution in [1.82, 2.24) is 10.6 Å². The normalized spacial score (nSPS) is 10.3. The molecule has 0 aromatic heterocycles. The molecule has 2 aromatic rings. The fraction of sp³-hybridized carbons (Fsp3) is 0.316. The highest BCUT2D eigenvalue weighted by Crippen LogP contribution is 2.28. The summed E-state index contributed by atoms with van der Waals surface area (Å²) in [5.74, 6) is 1.50. The van der Waals surface area contributed by atoms with Crippen LogP contribution in [-0.4, -0.2) is 25.4 Å². The molecule has 2 rings (SSSR count).